The molecule has 0 saturated carbocycles. The van der Waals surface area contributed by atoms with Crippen LogP contribution >= 0.6 is 0 Å². The van der Waals surface area contributed by atoms with E-state index in [0.29, 0.717) is 50.3 Å². The summed E-state index contributed by atoms with van der Waals surface area (Å²) in [6.07, 6.45) is 5.47. The molecule has 0 amide bonds. The Morgan fingerprint density at radius 1 is 1.03 bits per heavy atom. The Balaban J connectivity index is 2.20. The van der Waals surface area contributed by atoms with Crippen LogP contribution in [0.25, 0.3) is 0 Å². The molecule has 1 aliphatic rings. The first-order chi connectivity index (χ1) is 16.2. The van der Waals surface area contributed by atoms with Gasteiger partial charge in [-0.25, -0.2) is 0 Å². The first kappa shape index (κ1) is 27.3. The van der Waals surface area contributed by atoms with E-state index in [2.05, 4.69) is 37.1 Å². The first-order valence-corrected chi connectivity index (χ1v) is 12.3. The molecule has 8 nitrogen and oxygen atoms in total. The van der Waals surface area contributed by atoms with Gasteiger partial charge in [0.15, 0.2) is 0 Å². The molecule has 0 aromatic carbocycles. The molecule has 1 N–H and O–H groups in total. The van der Waals surface area contributed by atoms with Crippen molar-refractivity contribution in [3.63, 3.8) is 0 Å². The zero-order chi connectivity index (χ0) is 23.9. The SMILES string of the molecule is CCCCOC[C@H]1OC[C@H](Nc2cc(C#N)cc(OC)n2)[C@@H](OCCCC)[C@H]1OCCCC. The average Bonchev–Trinajstić information content (AvgIpc) is 2.84. The topological polar surface area (TPSA) is 94.9 Å². The number of nitrogens with zero attached hydrogens (tertiary/aromatic N) is 2. The van der Waals surface area contributed by atoms with Crippen LogP contribution in [0.2, 0.25) is 0 Å². The van der Waals surface area contributed by atoms with Gasteiger partial charge in [0.1, 0.15) is 24.1 Å². The summed E-state index contributed by atoms with van der Waals surface area (Å²) < 4.78 is 30.1. The molecule has 186 valence electrons. The van der Waals surface area contributed by atoms with Crippen molar-refractivity contribution in [2.24, 2.45) is 0 Å². The smallest absolute Gasteiger partial charge is 0.216 e. The van der Waals surface area contributed by atoms with Crippen molar-refractivity contribution in [1.29, 1.82) is 5.26 Å². The summed E-state index contributed by atoms with van der Waals surface area (Å²) in [6, 6.07) is 5.28. The second-order valence-electron chi connectivity index (χ2n) is 8.32. The largest absolute Gasteiger partial charge is 0.481 e. The number of unbranched alkanes of at least 4 members (excludes halogenated alkanes) is 3. The van der Waals surface area contributed by atoms with Crippen LogP contribution in [0, 0.1) is 11.3 Å². The van der Waals surface area contributed by atoms with Crippen molar-refractivity contribution in [1.82, 2.24) is 4.98 Å². The molecule has 0 aliphatic carbocycles. The summed E-state index contributed by atoms with van der Waals surface area (Å²) in [5, 5.41) is 12.8. The normalized spacial score (nSPS) is 22.6. The van der Waals surface area contributed by atoms with Crippen molar-refractivity contribution >= 4 is 5.82 Å². The molecule has 2 heterocycles. The molecule has 0 radical (unpaired) electrons. The van der Waals surface area contributed by atoms with E-state index in [4.69, 9.17) is 23.7 Å². The van der Waals surface area contributed by atoms with Gasteiger partial charge >= 0.3 is 0 Å². The predicted molar refractivity (Wildman–Crippen MR) is 128 cm³/mol. The van der Waals surface area contributed by atoms with Gasteiger partial charge in [-0.3, -0.25) is 0 Å². The monoisotopic (exact) mass is 463 g/mol. The minimum atomic E-state index is -0.262. The van der Waals surface area contributed by atoms with E-state index in [1.54, 1.807) is 12.1 Å². The van der Waals surface area contributed by atoms with Gasteiger partial charge in [-0.1, -0.05) is 40.0 Å². The lowest BCUT2D eigenvalue weighted by Crippen LogP contribution is -2.59. The Morgan fingerprint density at radius 2 is 1.70 bits per heavy atom. The van der Waals surface area contributed by atoms with Crippen LogP contribution in [0.5, 0.6) is 5.88 Å². The van der Waals surface area contributed by atoms with E-state index in [9.17, 15) is 5.26 Å². The fourth-order valence-electron chi connectivity index (χ4n) is 3.65. The molecule has 0 bridgehead atoms. The number of anilines is 1. The lowest BCUT2D eigenvalue weighted by Gasteiger charge is -2.42. The number of aromatic nitrogens is 1. The molecule has 0 spiro atoms. The van der Waals surface area contributed by atoms with E-state index < -0.39 is 0 Å². The predicted octanol–water partition coefficient (Wildman–Crippen LogP) is 4.33. The summed E-state index contributed by atoms with van der Waals surface area (Å²) >= 11 is 0. The fraction of sp³-hybridized carbons (Fsp3) is 0.760. The zero-order valence-electron chi connectivity index (χ0n) is 20.7. The van der Waals surface area contributed by atoms with Gasteiger partial charge < -0.3 is 29.0 Å². The number of rotatable bonds is 16. The van der Waals surface area contributed by atoms with Crippen LogP contribution < -0.4 is 10.1 Å². The number of ether oxygens (including phenoxy) is 5. The molecule has 1 saturated heterocycles. The molecular weight excluding hydrogens is 422 g/mol. The highest BCUT2D eigenvalue weighted by Crippen LogP contribution is 2.26. The molecule has 1 aromatic heterocycles. The third kappa shape index (κ3) is 9.09. The third-order valence-electron chi connectivity index (χ3n) is 5.59. The lowest BCUT2D eigenvalue weighted by molar-refractivity contribution is -0.194. The number of methoxy groups -OCH3 is 1. The van der Waals surface area contributed by atoms with Gasteiger partial charge in [0.2, 0.25) is 5.88 Å². The Morgan fingerprint density at radius 3 is 2.33 bits per heavy atom. The molecule has 1 aliphatic heterocycles. The van der Waals surface area contributed by atoms with Gasteiger partial charge in [-0.2, -0.15) is 10.2 Å². The van der Waals surface area contributed by atoms with E-state index in [0.717, 1.165) is 38.5 Å². The van der Waals surface area contributed by atoms with Crippen LogP contribution in [-0.2, 0) is 18.9 Å². The fourth-order valence-corrected chi connectivity index (χ4v) is 3.65. The van der Waals surface area contributed by atoms with Crippen molar-refractivity contribution in [2.45, 2.75) is 83.6 Å². The number of nitriles is 1. The summed E-state index contributed by atoms with van der Waals surface area (Å²) in [7, 11) is 1.54. The highest BCUT2D eigenvalue weighted by atomic mass is 16.6. The van der Waals surface area contributed by atoms with Crippen LogP contribution in [0.4, 0.5) is 5.82 Å². The van der Waals surface area contributed by atoms with E-state index in [1.165, 1.54) is 7.11 Å². The number of hydrogen-bond donors (Lipinski definition) is 1. The van der Waals surface area contributed by atoms with Gasteiger partial charge in [-0.05, 0) is 25.3 Å². The van der Waals surface area contributed by atoms with E-state index >= 15 is 0 Å². The molecular formula is C25H41N3O5. The van der Waals surface area contributed by atoms with Crippen molar-refractivity contribution in [3.05, 3.63) is 17.7 Å². The second kappa shape index (κ2) is 15.8. The van der Waals surface area contributed by atoms with Crippen LogP contribution in [-0.4, -0.2) is 69.5 Å². The maximum absolute atomic E-state index is 9.36. The van der Waals surface area contributed by atoms with Crippen molar-refractivity contribution in [2.75, 3.05) is 45.5 Å². The van der Waals surface area contributed by atoms with Crippen LogP contribution in [0.1, 0.15) is 64.9 Å². The number of pyridine rings is 1. The highest BCUT2D eigenvalue weighted by molar-refractivity contribution is 5.47. The number of nitrogens with one attached hydrogen (secondary N) is 1. The highest BCUT2D eigenvalue weighted by Gasteiger charge is 2.42. The minimum Gasteiger partial charge on any atom is -0.481 e. The van der Waals surface area contributed by atoms with Gasteiger partial charge in [0, 0.05) is 25.9 Å². The Bertz CT molecular complexity index is 712. The van der Waals surface area contributed by atoms with Gasteiger partial charge in [0.05, 0.1) is 38.0 Å². The third-order valence-corrected chi connectivity index (χ3v) is 5.59. The van der Waals surface area contributed by atoms with Crippen molar-refractivity contribution in [3.8, 4) is 11.9 Å². The lowest BCUT2D eigenvalue weighted by atomic mass is 9.97. The summed E-state index contributed by atoms with van der Waals surface area (Å²) in [5.74, 6) is 0.934. The Hall–Kier alpha value is -1.92. The quantitative estimate of drug-likeness (QED) is 0.362. The first-order valence-electron chi connectivity index (χ1n) is 12.3. The molecule has 33 heavy (non-hydrogen) atoms. The summed E-state index contributed by atoms with van der Waals surface area (Å²) in [6.45, 7) is 9.35. The average molecular weight is 464 g/mol. The van der Waals surface area contributed by atoms with Crippen LogP contribution in [0.15, 0.2) is 12.1 Å². The molecule has 0 unspecified atom stereocenters. The van der Waals surface area contributed by atoms with Crippen molar-refractivity contribution < 1.29 is 23.7 Å². The molecule has 2 rings (SSSR count). The van der Waals surface area contributed by atoms with E-state index in [-0.39, 0.29) is 24.4 Å². The molecule has 8 heteroatoms. The molecule has 1 fully saturated rings. The second-order valence-corrected chi connectivity index (χ2v) is 8.32. The summed E-state index contributed by atoms with van der Waals surface area (Å²) in [5.41, 5.74) is 0.475. The van der Waals surface area contributed by atoms with Gasteiger partial charge in [0.25, 0.3) is 0 Å². The zero-order valence-corrected chi connectivity index (χ0v) is 20.7. The van der Waals surface area contributed by atoms with Gasteiger partial charge in [-0.15, -0.1) is 0 Å². The maximum atomic E-state index is 9.36. The molecule has 1 aromatic rings. The van der Waals surface area contributed by atoms with Crippen LogP contribution in [0.3, 0.4) is 0 Å². The standard InChI is InChI=1S/C25H41N3O5/c1-5-8-11-30-18-21-25(32-13-10-7-3)24(31-12-9-6-2)20(17-33-21)27-22-14-19(16-26)15-23(28-22)29-4/h14-15,20-21,24-25H,5-13,17-18H2,1-4H3,(H,27,28)/t20-,21+,24+,25-/m0/s1. The Labute approximate surface area is 198 Å². The minimum absolute atomic E-state index is 0.188. The maximum Gasteiger partial charge on any atom is 0.216 e. The number of hydrogen-bond acceptors (Lipinski definition) is 8. The Kier molecular flexibility index (Phi) is 13.1. The van der Waals surface area contributed by atoms with E-state index in [1.807, 2.05) is 0 Å². The molecule has 4 atom stereocenters. The summed E-state index contributed by atoms with van der Waals surface area (Å²) in [4.78, 5) is 4.45.